The predicted molar refractivity (Wildman–Crippen MR) is 77.9 cm³/mol. The fourth-order valence-electron chi connectivity index (χ4n) is 1.91. The Labute approximate surface area is 123 Å². The maximum Gasteiger partial charge on any atom is 0.169 e. The number of methoxy groups -OCH3 is 2. The smallest absolute Gasteiger partial charge is 0.169 e. The van der Waals surface area contributed by atoms with E-state index in [0.29, 0.717) is 23.0 Å². The third kappa shape index (κ3) is 3.45. The highest BCUT2D eigenvalue weighted by Crippen LogP contribution is 2.37. The van der Waals surface area contributed by atoms with Crippen LogP contribution in [0.4, 0.5) is 0 Å². The maximum absolute atomic E-state index is 9.21. The van der Waals surface area contributed by atoms with E-state index in [9.17, 15) is 5.11 Å². The summed E-state index contributed by atoms with van der Waals surface area (Å²) in [5.74, 6) is 2.06. The molecular formula is C16H18O5. The van der Waals surface area contributed by atoms with Crippen molar-refractivity contribution in [2.45, 2.75) is 13.2 Å². The molecule has 0 radical (unpaired) electrons. The van der Waals surface area contributed by atoms with Gasteiger partial charge in [0.05, 0.1) is 27.4 Å². The molecule has 2 aromatic rings. The van der Waals surface area contributed by atoms with Gasteiger partial charge in [-0.1, -0.05) is 12.1 Å². The van der Waals surface area contributed by atoms with Crippen LogP contribution in [-0.2, 0) is 13.2 Å². The quantitative estimate of drug-likeness (QED) is 0.855. The Balaban J connectivity index is 2.37. The molecule has 0 aliphatic heterocycles. The molecule has 0 saturated carbocycles. The van der Waals surface area contributed by atoms with Crippen molar-refractivity contribution in [3.8, 4) is 23.0 Å². The monoisotopic (exact) mass is 290 g/mol. The lowest BCUT2D eigenvalue weighted by Gasteiger charge is -2.14. The number of rotatable bonds is 6. The highest BCUT2D eigenvalue weighted by molar-refractivity contribution is 5.49. The SMILES string of the molecule is COc1cc(CO)ccc1Oc1cc(CO)ccc1OC. The Kier molecular flexibility index (Phi) is 5.03. The van der Waals surface area contributed by atoms with Crippen molar-refractivity contribution in [2.75, 3.05) is 14.2 Å². The standard InChI is InChI=1S/C16H18O5/c1-19-13-5-3-12(10-18)8-16(13)21-14-6-4-11(9-17)7-15(14)20-2/h3-8,17-18H,9-10H2,1-2H3. The molecule has 0 spiro atoms. The minimum atomic E-state index is -0.0824. The van der Waals surface area contributed by atoms with E-state index in [1.54, 1.807) is 43.5 Å². The Hall–Kier alpha value is -2.24. The summed E-state index contributed by atoms with van der Waals surface area (Å²) in [7, 11) is 3.08. The third-order valence-electron chi connectivity index (χ3n) is 3.04. The second-order valence-electron chi connectivity index (χ2n) is 4.39. The molecule has 0 aliphatic carbocycles. The average molecular weight is 290 g/mol. The second-order valence-corrected chi connectivity index (χ2v) is 4.39. The van der Waals surface area contributed by atoms with Crippen LogP contribution in [0, 0.1) is 0 Å². The summed E-state index contributed by atoms with van der Waals surface area (Å²) >= 11 is 0. The summed E-state index contributed by atoms with van der Waals surface area (Å²) in [6.45, 7) is -0.152. The first-order valence-electron chi connectivity index (χ1n) is 6.45. The van der Waals surface area contributed by atoms with E-state index in [-0.39, 0.29) is 13.2 Å². The van der Waals surface area contributed by atoms with E-state index < -0.39 is 0 Å². The number of hydrogen-bond donors (Lipinski definition) is 2. The van der Waals surface area contributed by atoms with Crippen LogP contribution in [0.25, 0.3) is 0 Å². The fourth-order valence-corrected chi connectivity index (χ4v) is 1.91. The van der Waals surface area contributed by atoms with Gasteiger partial charge in [-0.25, -0.2) is 0 Å². The summed E-state index contributed by atoms with van der Waals surface area (Å²) < 4.78 is 16.3. The molecule has 21 heavy (non-hydrogen) atoms. The van der Waals surface area contributed by atoms with Crippen LogP contribution in [0.15, 0.2) is 36.4 Å². The Bertz CT molecular complexity index is 610. The summed E-state index contributed by atoms with van der Waals surface area (Å²) in [6.07, 6.45) is 0. The fraction of sp³-hybridized carbons (Fsp3) is 0.250. The number of aliphatic hydroxyl groups is 2. The maximum atomic E-state index is 9.21. The summed E-state index contributed by atoms with van der Waals surface area (Å²) in [5.41, 5.74) is 1.45. The molecule has 0 bridgehead atoms. The van der Waals surface area contributed by atoms with Gasteiger partial charge in [0, 0.05) is 0 Å². The van der Waals surface area contributed by atoms with Crippen LogP contribution in [0.1, 0.15) is 11.1 Å². The molecular weight excluding hydrogens is 272 g/mol. The van der Waals surface area contributed by atoms with Gasteiger partial charge in [0.15, 0.2) is 23.0 Å². The van der Waals surface area contributed by atoms with Crippen LogP contribution < -0.4 is 14.2 Å². The minimum absolute atomic E-state index is 0.0695. The van der Waals surface area contributed by atoms with Crippen LogP contribution >= 0.6 is 0 Å². The number of ether oxygens (including phenoxy) is 3. The molecule has 0 fully saturated rings. The van der Waals surface area contributed by atoms with Crippen molar-refractivity contribution in [1.29, 1.82) is 0 Å². The lowest BCUT2D eigenvalue weighted by Crippen LogP contribution is -1.96. The first kappa shape index (κ1) is 15.2. The van der Waals surface area contributed by atoms with Crippen LogP contribution in [0.2, 0.25) is 0 Å². The van der Waals surface area contributed by atoms with Crippen molar-refractivity contribution >= 4 is 0 Å². The summed E-state index contributed by atoms with van der Waals surface area (Å²) in [4.78, 5) is 0. The van der Waals surface area contributed by atoms with Gasteiger partial charge in [0.1, 0.15) is 0 Å². The zero-order chi connectivity index (χ0) is 15.2. The normalized spacial score (nSPS) is 10.3. The zero-order valence-electron chi connectivity index (χ0n) is 12.0. The Morgan fingerprint density at radius 2 is 1.24 bits per heavy atom. The molecule has 5 nitrogen and oxygen atoms in total. The Morgan fingerprint density at radius 1 is 0.714 bits per heavy atom. The van der Waals surface area contributed by atoms with Gasteiger partial charge in [-0.05, 0) is 35.4 Å². The molecule has 5 heteroatoms. The van der Waals surface area contributed by atoms with Crippen molar-refractivity contribution in [3.63, 3.8) is 0 Å². The minimum Gasteiger partial charge on any atom is -0.493 e. The van der Waals surface area contributed by atoms with Crippen molar-refractivity contribution in [1.82, 2.24) is 0 Å². The van der Waals surface area contributed by atoms with Gasteiger partial charge >= 0.3 is 0 Å². The van der Waals surface area contributed by atoms with Crippen molar-refractivity contribution < 1.29 is 24.4 Å². The largest absolute Gasteiger partial charge is 0.493 e. The van der Waals surface area contributed by atoms with Crippen LogP contribution in [0.5, 0.6) is 23.0 Å². The van der Waals surface area contributed by atoms with Gasteiger partial charge in [-0.2, -0.15) is 0 Å². The van der Waals surface area contributed by atoms with Crippen molar-refractivity contribution in [2.24, 2.45) is 0 Å². The average Bonchev–Trinajstić information content (AvgIpc) is 2.55. The molecule has 0 saturated heterocycles. The van der Waals surface area contributed by atoms with Gasteiger partial charge in [-0.15, -0.1) is 0 Å². The topological polar surface area (TPSA) is 68.2 Å². The van der Waals surface area contributed by atoms with E-state index in [2.05, 4.69) is 0 Å². The zero-order valence-corrected chi connectivity index (χ0v) is 12.0. The van der Waals surface area contributed by atoms with Crippen molar-refractivity contribution in [3.05, 3.63) is 47.5 Å². The number of hydrogen-bond acceptors (Lipinski definition) is 5. The molecule has 2 rings (SSSR count). The number of aliphatic hydroxyl groups excluding tert-OH is 2. The molecule has 0 atom stereocenters. The third-order valence-corrected chi connectivity index (χ3v) is 3.04. The van der Waals surface area contributed by atoms with Crippen LogP contribution in [0.3, 0.4) is 0 Å². The van der Waals surface area contributed by atoms with Gasteiger partial charge in [0.2, 0.25) is 0 Å². The van der Waals surface area contributed by atoms with E-state index in [4.69, 9.17) is 19.3 Å². The summed E-state index contributed by atoms with van der Waals surface area (Å²) in [5, 5.41) is 18.4. The van der Waals surface area contributed by atoms with E-state index in [1.165, 1.54) is 7.11 Å². The first-order chi connectivity index (χ1) is 10.2. The molecule has 0 unspecified atom stereocenters. The van der Waals surface area contributed by atoms with E-state index in [0.717, 1.165) is 11.1 Å². The molecule has 0 heterocycles. The number of benzene rings is 2. The molecule has 2 aromatic carbocycles. The second kappa shape index (κ2) is 6.97. The summed E-state index contributed by atoms with van der Waals surface area (Å²) in [6, 6.07) is 10.4. The first-order valence-corrected chi connectivity index (χ1v) is 6.45. The Morgan fingerprint density at radius 3 is 1.76 bits per heavy atom. The molecule has 2 N–H and O–H groups in total. The van der Waals surface area contributed by atoms with Gasteiger partial charge in [-0.3, -0.25) is 0 Å². The van der Waals surface area contributed by atoms with Crippen LogP contribution in [-0.4, -0.2) is 24.4 Å². The molecule has 0 aliphatic rings. The molecule has 0 amide bonds. The van der Waals surface area contributed by atoms with Gasteiger partial charge in [0.25, 0.3) is 0 Å². The highest BCUT2D eigenvalue weighted by atomic mass is 16.5. The lowest BCUT2D eigenvalue weighted by molar-refractivity contribution is 0.279. The molecule has 112 valence electrons. The van der Waals surface area contributed by atoms with E-state index >= 15 is 0 Å². The lowest BCUT2D eigenvalue weighted by atomic mass is 10.2. The van der Waals surface area contributed by atoms with E-state index in [1.807, 2.05) is 0 Å². The van der Waals surface area contributed by atoms with Gasteiger partial charge < -0.3 is 24.4 Å². The predicted octanol–water partition coefficient (Wildman–Crippen LogP) is 2.48. The molecule has 0 aromatic heterocycles. The highest BCUT2D eigenvalue weighted by Gasteiger charge is 2.11.